The Bertz CT molecular complexity index is 1280. The van der Waals surface area contributed by atoms with Crippen LogP contribution >= 0.6 is 0 Å². The van der Waals surface area contributed by atoms with Crippen molar-refractivity contribution in [3.05, 3.63) is 49.1 Å². The fourth-order valence-corrected chi connectivity index (χ4v) is 3.89. The lowest BCUT2D eigenvalue weighted by molar-refractivity contribution is -0.697. The highest BCUT2D eigenvalue weighted by atomic mass is 32.3. The van der Waals surface area contributed by atoms with Crippen LogP contribution in [0.2, 0.25) is 0 Å². The lowest BCUT2D eigenvalue weighted by Gasteiger charge is -2.02. The van der Waals surface area contributed by atoms with Crippen molar-refractivity contribution >= 4 is 41.0 Å². The lowest BCUT2D eigenvalue weighted by Crippen LogP contribution is -2.33. The van der Waals surface area contributed by atoms with Gasteiger partial charge >= 0.3 is 0 Å². The van der Waals surface area contributed by atoms with Crippen LogP contribution in [0.3, 0.4) is 0 Å². The Morgan fingerprint density at radius 1 is 0.526 bits per heavy atom. The van der Waals surface area contributed by atoms with Gasteiger partial charge in [0.05, 0.1) is 11.5 Å². The summed E-state index contributed by atoms with van der Waals surface area (Å²) in [5.74, 6) is -0.434. The number of nitrogens with zero attached hydrogens (tertiary/aromatic N) is 2. The smallest absolute Gasteiger partial charge is 0.264 e. The van der Waals surface area contributed by atoms with Gasteiger partial charge in [-0.25, -0.2) is 26.0 Å². The maximum atomic E-state index is 10.7. The predicted octanol–water partition coefficient (Wildman–Crippen LogP) is -0.726. The van der Waals surface area contributed by atoms with Gasteiger partial charge in [-0.15, -0.1) is 0 Å². The normalized spacial score (nSPS) is 12.1. The van der Waals surface area contributed by atoms with E-state index in [1.165, 1.54) is 0 Å². The zero-order valence-electron chi connectivity index (χ0n) is 19.7. The number of aromatic nitrogens is 2. The van der Waals surface area contributed by atoms with E-state index in [-0.39, 0.29) is 11.5 Å². The molecule has 2 aromatic rings. The Morgan fingerprint density at radius 3 is 0.974 bits per heavy atom. The third kappa shape index (κ3) is 25.5. The average molecular weight is 625 g/mol. The second-order valence-corrected chi connectivity index (χ2v) is 12.3. The molecule has 0 spiro atoms. The van der Waals surface area contributed by atoms with Gasteiger partial charge in [0.25, 0.3) is 20.2 Å². The molecule has 218 valence electrons. The molecule has 0 saturated heterocycles. The summed E-state index contributed by atoms with van der Waals surface area (Å²) in [7, 11) is -17.6. The van der Waals surface area contributed by atoms with Crippen LogP contribution in [0.1, 0.15) is 25.7 Å². The highest BCUT2D eigenvalue weighted by Crippen LogP contribution is 2.15. The zero-order valence-corrected chi connectivity index (χ0v) is 22.9. The summed E-state index contributed by atoms with van der Waals surface area (Å²) in [6.07, 6.45) is 9.86. The third-order valence-corrected chi connectivity index (χ3v) is 5.86. The first-order chi connectivity index (χ1) is 17.1. The summed E-state index contributed by atoms with van der Waals surface area (Å²) in [6.45, 7) is 1.35. The monoisotopic (exact) mass is 624 g/mol. The first kappa shape index (κ1) is 35.9. The van der Waals surface area contributed by atoms with Crippen molar-refractivity contribution in [2.24, 2.45) is 0 Å². The van der Waals surface area contributed by atoms with Crippen LogP contribution < -0.4 is 9.13 Å². The Balaban J connectivity index is 0.00000116. The molecule has 0 radical (unpaired) electrons. The lowest BCUT2D eigenvalue weighted by atomic mass is 10.1. The van der Waals surface area contributed by atoms with E-state index in [1.54, 1.807) is 0 Å². The molecule has 0 unspecified atom stereocenters. The van der Waals surface area contributed by atoms with Crippen molar-refractivity contribution in [2.75, 3.05) is 11.5 Å². The van der Waals surface area contributed by atoms with Gasteiger partial charge in [0.1, 0.15) is 13.1 Å². The van der Waals surface area contributed by atoms with Crippen molar-refractivity contribution in [3.8, 4) is 11.1 Å². The summed E-state index contributed by atoms with van der Waals surface area (Å²) in [5, 5.41) is 0. The molecule has 0 fully saturated rings. The number of hydrogen-bond donors (Lipinski definition) is 4. The van der Waals surface area contributed by atoms with Crippen LogP contribution in [0.5, 0.6) is 0 Å². The van der Waals surface area contributed by atoms with Gasteiger partial charge in [-0.3, -0.25) is 18.2 Å². The summed E-state index contributed by atoms with van der Waals surface area (Å²) in [4.78, 5) is 0. The summed E-state index contributed by atoms with van der Waals surface area (Å²) >= 11 is 0. The first-order valence-electron chi connectivity index (χ1n) is 10.4. The van der Waals surface area contributed by atoms with E-state index in [0.717, 1.165) is 11.1 Å². The molecule has 38 heavy (non-hydrogen) atoms. The quantitative estimate of drug-likeness (QED) is 0.104. The van der Waals surface area contributed by atoms with Crippen LogP contribution in [0.15, 0.2) is 49.1 Å². The summed E-state index contributed by atoms with van der Waals surface area (Å²) in [6, 6.07) is 7.92. The Morgan fingerprint density at radius 2 is 0.763 bits per heavy atom. The third-order valence-electron chi connectivity index (χ3n) is 4.25. The van der Waals surface area contributed by atoms with E-state index in [2.05, 4.69) is 0 Å². The minimum absolute atomic E-state index is 0.217. The van der Waals surface area contributed by atoms with Gasteiger partial charge in [-0.05, 0) is 24.0 Å². The summed E-state index contributed by atoms with van der Waals surface area (Å²) in [5.41, 5.74) is 2.10. The molecule has 20 heteroatoms. The molecule has 0 aliphatic rings. The Hall–Kier alpha value is -2.14. The first-order valence-corrected chi connectivity index (χ1v) is 16.3. The Labute approximate surface area is 221 Å². The fourth-order valence-electron chi connectivity index (χ4n) is 2.76. The Kier molecular flexibility index (Phi) is 15.2. The largest absolute Gasteiger partial charge is 0.726 e. The molecule has 0 atom stereocenters. The summed E-state index contributed by atoms with van der Waals surface area (Å²) < 4.78 is 130. The van der Waals surface area contributed by atoms with Crippen LogP contribution in [0.25, 0.3) is 11.1 Å². The zero-order chi connectivity index (χ0) is 29.6. The van der Waals surface area contributed by atoms with Gasteiger partial charge in [-0.1, -0.05) is 0 Å². The number of unbranched alkanes of at least 4 members (excludes halogenated alkanes) is 2. The van der Waals surface area contributed by atoms with Crippen molar-refractivity contribution in [3.63, 3.8) is 0 Å². The van der Waals surface area contributed by atoms with Gasteiger partial charge in [0, 0.05) is 37.1 Å². The van der Waals surface area contributed by atoms with Crippen molar-refractivity contribution in [2.45, 2.75) is 38.8 Å². The molecule has 0 aromatic carbocycles. The minimum atomic E-state index is -4.92. The highest BCUT2D eigenvalue weighted by Gasteiger charge is 2.09. The highest BCUT2D eigenvalue weighted by molar-refractivity contribution is 7.86. The van der Waals surface area contributed by atoms with E-state index < -0.39 is 41.0 Å². The molecule has 16 nitrogen and oxygen atoms in total. The maximum absolute atomic E-state index is 10.7. The molecule has 2 heterocycles. The second-order valence-electron chi connectivity index (χ2n) is 7.49. The molecule has 0 amide bonds. The number of rotatable bonds is 11. The molecule has 0 saturated carbocycles. The van der Waals surface area contributed by atoms with E-state index in [1.807, 2.05) is 58.2 Å². The molecular formula is C18H28N2O14S4. The molecule has 2 rings (SSSR count). The average Bonchev–Trinajstić information content (AvgIpc) is 2.72. The molecule has 4 N–H and O–H groups in total. The van der Waals surface area contributed by atoms with Crippen molar-refractivity contribution in [1.29, 1.82) is 0 Å². The minimum Gasteiger partial charge on any atom is -0.726 e. The predicted molar refractivity (Wildman–Crippen MR) is 128 cm³/mol. The van der Waals surface area contributed by atoms with E-state index in [0.29, 0.717) is 38.8 Å². The van der Waals surface area contributed by atoms with Gasteiger partial charge in [0.2, 0.25) is 20.8 Å². The molecule has 0 bridgehead atoms. The van der Waals surface area contributed by atoms with E-state index >= 15 is 0 Å². The van der Waals surface area contributed by atoms with Crippen molar-refractivity contribution in [1.82, 2.24) is 0 Å². The maximum Gasteiger partial charge on any atom is 0.264 e. The van der Waals surface area contributed by atoms with Gasteiger partial charge < -0.3 is 9.11 Å². The number of aryl methyl sites for hydroxylation is 2. The van der Waals surface area contributed by atoms with Crippen molar-refractivity contribution < 1.29 is 70.1 Å². The van der Waals surface area contributed by atoms with E-state index in [4.69, 9.17) is 44.2 Å². The van der Waals surface area contributed by atoms with Crippen LogP contribution in [-0.4, -0.2) is 72.5 Å². The standard InChI is InChI=1S/C18H24N2O6S2.2H2O4S/c21-27(22,23)15-3-1-9-19-11-5-17(6-12-19)18-7-13-20(14-8-18)10-2-4-16-28(24,25)26;2*1-5(2,3)4/h5-8,11-14H,1-4,9-10,15-16H2;2*(H2,1,2,3,4). The van der Waals surface area contributed by atoms with E-state index in [9.17, 15) is 16.8 Å². The van der Waals surface area contributed by atoms with Gasteiger partial charge in [0.15, 0.2) is 24.8 Å². The SMILES string of the molecule is O=S(=O)(O)CCCC[n+]1ccc(-c2cc[n+](CCCCS(=O)(=O)O)cc2)cc1.O=S(=O)([O-])O.O=S(=O)([O-])O. The molecule has 0 aliphatic heterocycles. The van der Waals surface area contributed by atoms with Crippen LogP contribution in [-0.2, 0) is 54.1 Å². The number of hydrogen-bond acceptors (Lipinski definition) is 10. The van der Waals surface area contributed by atoms with Crippen LogP contribution in [0.4, 0.5) is 0 Å². The second kappa shape index (κ2) is 16.1. The number of pyridine rings is 2. The molecular weight excluding hydrogens is 596 g/mol. The molecule has 0 aliphatic carbocycles. The molecule has 2 aromatic heterocycles. The van der Waals surface area contributed by atoms with Crippen LogP contribution in [0, 0.1) is 0 Å². The fraction of sp³-hybridized carbons (Fsp3) is 0.444. The topological polar surface area (TPSA) is 271 Å². The van der Waals surface area contributed by atoms with Gasteiger partial charge in [-0.2, -0.15) is 16.8 Å².